The van der Waals surface area contributed by atoms with Gasteiger partial charge < -0.3 is 14.2 Å². The van der Waals surface area contributed by atoms with E-state index in [9.17, 15) is 4.79 Å². The Morgan fingerprint density at radius 1 is 1.25 bits per heavy atom. The lowest BCUT2D eigenvalue weighted by molar-refractivity contribution is -0.143. The SMILES string of the molecule is CC1CCC(C(C)C)[C](OC(=O)OC2CCCCO2)C1. The molecule has 0 bridgehead atoms. The first-order valence-corrected chi connectivity index (χ1v) is 7.92. The Kier molecular flexibility index (Phi) is 5.70. The number of carbonyl (C=O) groups excluding carboxylic acids is 1. The van der Waals surface area contributed by atoms with Gasteiger partial charge in [-0.1, -0.05) is 27.2 Å². The van der Waals surface area contributed by atoms with Crippen LogP contribution in [0.15, 0.2) is 0 Å². The topological polar surface area (TPSA) is 44.8 Å². The van der Waals surface area contributed by atoms with Gasteiger partial charge in [-0.3, -0.25) is 0 Å². The summed E-state index contributed by atoms with van der Waals surface area (Å²) in [5.41, 5.74) is 0. The predicted molar refractivity (Wildman–Crippen MR) is 75.7 cm³/mol. The molecule has 2 rings (SSSR count). The van der Waals surface area contributed by atoms with Gasteiger partial charge in [0.25, 0.3) is 0 Å². The Bertz CT molecular complexity index is 310. The van der Waals surface area contributed by atoms with E-state index in [2.05, 4.69) is 20.8 Å². The van der Waals surface area contributed by atoms with Crippen molar-refractivity contribution in [3.8, 4) is 0 Å². The summed E-state index contributed by atoms with van der Waals surface area (Å²) in [5.74, 6) is 1.45. The van der Waals surface area contributed by atoms with Gasteiger partial charge in [-0.15, -0.1) is 0 Å². The summed E-state index contributed by atoms with van der Waals surface area (Å²) in [7, 11) is 0. The van der Waals surface area contributed by atoms with Crippen molar-refractivity contribution in [2.45, 2.75) is 65.6 Å². The van der Waals surface area contributed by atoms with Crippen LogP contribution in [-0.2, 0) is 14.2 Å². The van der Waals surface area contributed by atoms with Crippen LogP contribution in [0.2, 0.25) is 0 Å². The largest absolute Gasteiger partial charge is 0.511 e. The van der Waals surface area contributed by atoms with Crippen LogP contribution < -0.4 is 0 Å². The van der Waals surface area contributed by atoms with Crippen LogP contribution in [0.3, 0.4) is 0 Å². The minimum atomic E-state index is -0.591. The summed E-state index contributed by atoms with van der Waals surface area (Å²) in [6, 6.07) is 0. The van der Waals surface area contributed by atoms with Gasteiger partial charge in [-0.2, -0.15) is 0 Å². The molecule has 1 saturated heterocycles. The van der Waals surface area contributed by atoms with Crippen molar-refractivity contribution in [2.24, 2.45) is 17.8 Å². The van der Waals surface area contributed by atoms with E-state index >= 15 is 0 Å². The number of hydrogen-bond donors (Lipinski definition) is 0. The first-order chi connectivity index (χ1) is 9.56. The molecule has 4 heteroatoms. The molecule has 0 aromatic carbocycles. The molecule has 1 heterocycles. The molecule has 0 spiro atoms. The van der Waals surface area contributed by atoms with Gasteiger partial charge in [-0.25, -0.2) is 4.79 Å². The van der Waals surface area contributed by atoms with Crippen molar-refractivity contribution in [2.75, 3.05) is 6.61 Å². The van der Waals surface area contributed by atoms with Crippen molar-refractivity contribution >= 4 is 6.16 Å². The van der Waals surface area contributed by atoms with E-state index < -0.39 is 12.4 Å². The second-order valence-corrected chi connectivity index (χ2v) is 6.47. The number of ether oxygens (including phenoxy) is 3. The van der Waals surface area contributed by atoms with E-state index in [0.29, 0.717) is 24.4 Å². The van der Waals surface area contributed by atoms with Crippen molar-refractivity contribution in [1.82, 2.24) is 0 Å². The summed E-state index contributed by atoms with van der Waals surface area (Å²) in [6.07, 6.45) is 5.91. The lowest BCUT2D eigenvalue weighted by Gasteiger charge is -2.35. The zero-order valence-corrected chi connectivity index (χ0v) is 12.9. The molecule has 115 valence electrons. The molecule has 0 N–H and O–H groups in total. The normalized spacial score (nSPS) is 32.1. The Morgan fingerprint density at radius 3 is 2.70 bits per heavy atom. The van der Waals surface area contributed by atoms with E-state index in [1.54, 1.807) is 0 Å². The van der Waals surface area contributed by atoms with Crippen molar-refractivity contribution < 1.29 is 19.0 Å². The molecule has 2 fully saturated rings. The lowest BCUT2D eigenvalue weighted by Crippen LogP contribution is -2.32. The fourth-order valence-electron chi connectivity index (χ4n) is 3.09. The molecule has 3 unspecified atom stereocenters. The second-order valence-electron chi connectivity index (χ2n) is 6.47. The van der Waals surface area contributed by atoms with Crippen molar-refractivity contribution in [3.63, 3.8) is 0 Å². The predicted octanol–water partition coefficient (Wildman–Crippen LogP) is 4.29. The van der Waals surface area contributed by atoms with Gasteiger partial charge in [-0.05, 0) is 37.5 Å². The van der Waals surface area contributed by atoms with Crippen LogP contribution >= 0.6 is 0 Å². The number of hydrogen-bond acceptors (Lipinski definition) is 4. The minimum absolute atomic E-state index is 0.367. The molecule has 2 aliphatic rings. The van der Waals surface area contributed by atoms with Gasteiger partial charge in [0.15, 0.2) is 6.10 Å². The Labute approximate surface area is 122 Å². The average Bonchev–Trinajstić information content (AvgIpc) is 2.39. The molecule has 0 aromatic heterocycles. The first kappa shape index (κ1) is 15.6. The fraction of sp³-hybridized carbons (Fsp3) is 0.875. The van der Waals surface area contributed by atoms with Gasteiger partial charge >= 0.3 is 6.16 Å². The van der Waals surface area contributed by atoms with Gasteiger partial charge in [0, 0.05) is 12.3 Å². The highest BCUT2D eigenvalue weighted by atomic mass is 16.8. The molecular weight excluding hydrogens is 256 g/mol. The van der Waals surface area contributed by atoms with E-state index in [1.807, 2.05) is 0 Å². The minimum Gasteiger partial charge on any atom is -0.423 e. The van der Waals surface area contributed by atoms with E-state index in [-0.39, 0.29) is 0 Å². The number of rotatable bonds is 3. The maximum Gasteiger partial charge on any atom is 0.511 e. The van der Waals surface area contributed by atoms with Crippen LogP contribution in [0.1, 0.15) is 59.3 Å². The zero-order chi connectivity index (χ0) is 14.5. The highest BCUT2D eigenvalue weighted by Gasteiger charge is 2.35. The molecule has 1 radical (unpaired) electrons. The number of carbonyl (C=O) groups is 1. The molecule has 1 aliphatic carbocycles. The van der Waals surface area contributed by atoms with Crippen LogP contribution in [0.25, 0.3) is 0 Å². The lowest BCUT2D eigenvalue weighted by atomic mass is 9.75. The third-order valence-corrected chi connectivity index (χ3v) is 4.32. The van der Waals surface area contributed by atoms with Crippen LogP contribution in [0, 0.1) is 23.9 Å². The van der Waals surface area contributed by atoms with E-state index in [0.717, 1.165) is 38.2 Å². The molecule has 1 aliphatic heterocycles. The smallest absolute Gasteiger partial charge is 0.423 e. The average molecular weight is 283 g/mol. The van der Waals surface area contributed by atoms with Crippen LogP contribution in [0.4, 0.5) is 4.79 Å². The Balaban J connectivity index is 1.83. The molecule has 3 atom stereocenters. The second kappa shape index (κ2) is 7.30. The van der Waals surface area contributed by atoms with Gasteiger partial charge in [0.05, 0.1) is 6.61 Å². The fourth-order valence-corrected chi connectivity index (χ4v) is 3.09. The summed E-state index contributed by atoms with van der Waals surface area (Å²) in [6.45, 7) is 7.23. The third-order valence-electron chi connectivity index (χ3n) is 4.32. The maximum atomic E-state index is 11.9. The summed E-state index contributed by atoms with van der Waals surface area (Å²) >= 11 is 0. The summed E-state index contributed by atoms with van der Waals surface area (Å²) in [4.78, 5) is 11.9. The van der Waals surface area contributed by atoms with Gasteiger partial charge in [0.1, 0.15) is 0 Å². The molecule has 20 heavy (non-hydrogen) atoms. The summed E-state index contributed by atoms with van der Waals surface area (Å²) in [5, 5.41) is 0. The molecule has 1 saturated carbocycles. The zero-order valence-electron chi connectivity index (χ0n) is 12.9. The molecule has 0 amide bonds. The van der Waals surface area contributed by atoms with Crippen LogP contribution in [-0.4, -0.2) is 19.1 Å². The van der Waals surface area contributed by atoms with E-state index in [1.165, 1.54) is 6.42 Å². The highest BCUT2D eigenvalue weighted by Crippen LogP contribution is 2.40. The van der Waals surface area contributed by atoms with Gasteiger partial charge in [0.2, 0.25) is 6.29 Å². The Morgan fingerprint density at radius 2 is 2.05 bits per heavy atom. The quantitative estimate of drug-likeness (QED) is 0.725. The standard InChI is InChI=1S/C16H27O4/c1-11(2)13-8-7-12(3)10-14(13)19-16(17)20-15-6-4-5-9-18-15/h11-13,15H,4-10H2,1-3H3. The van der Waals surface area contributed by atoms with Crippen molar-refractivity contribution in [1.29, 1.82) is 0 Å². The Hall–Kier alpha value is -0.770. The molecular formula is C16H27O4. The van der Waals surface area contributed by atoms with Crippen molar-refractivity contribution in [3.05, 3.63) is 6.10 Å². The molecule has 0 aromatic rings. The monoisotopic (exact) mass is 283 g/mol. The third kappa shape index (κ3) is 4.37. The maximum absolute atomic E-state index is 11.9. The summed E-state index contributed by atoms with van der Waals surface area (Å²) < 4.78 is 16.2. The van der Waals surface area contributed by atoms with E-state index in [4.69, 9.17) is 14.2 Å². The van der Waals surface area contributed by atoms with Crippen LogP contribution in [0.5, 0.6) is 0 Å². The first-order valence-electron chi connectivity index (χ1n) is 7.92. The molecule has 4 nitrogen and oxygen atoms in total. The highest BCUT2D eigenvalue weighted by molar-refractivity contribution is 5.61.